The minimum absolute atomic E-state index is 0.0126. The zero-order valence-electron chi connectivity index (χ0n) is 8.57. The van der Waals surface area contributed by atoms with Crippen LogP contribution < -0.4 is 0 Å². The predicted octanol–water partition coefficient (Wildman–Crippen LogP) is 1.08. The Balaban J connectivity index is 4.17. The van der Waals surface area contributed by atoms with E-state index in [-0.39, 0.29) is 19.3 Å². The number of carbonyl (C=O) groups excluding carboxylic acids is 1. The van der Waals surface area contributed by atoms with Gasteiger partial charge in [0.15, 0.2) is 5.37 Å². The van der Waals surface area contributed by atoms with Crippen LogP contribution in [0.5, 0.6) is 0 Å². The summed E-state index contributed by atoms with van der Waals surface area (Å²) < 4.78 is 4.78. The average Bonchev–Trinajstić information content (AvgIpc) is 2.15. The molecule has 0 radical (unpaired) electrons. The molecule has 0 aromatic carbocycles. The second kappa shape index (κ2) is 7.34. The van der Waals surface area contributed by atoms with E-state index in [1.807, 2.05) is 13.8 Å². The Labute approximate surface area is 93.1 Å². The first-order valence-corrected chi connectivity index (χ1v) is 6.02. The van der Waals surface area contributed by atoms with Crippen LogP contribution in [-0.2, 0) is 9.53 Å². The normalized spacial score (nSPS) is 13.4. The molecule has 0 aliphatic heterocycles. The summed E-state index contributed by atoms with van der Waals surface area (Å²) in [7, 11) is 8.30. The van der Waals surface area contributed by atoms with Gasteiger partial charge in [-0.25, -0.2) is 4.79 Å². The quantitative estimate of drug-likeness (QED) is 0.557. The molecule has 84 valence electrons. The van der Waals surface area contributed by atoms with Gasteiger partial charge in [0.05, 0.1) is 6.61 Å². The van der Waals surface area contributed by atoms with Crippen molar-refractivity contribution in [3.05, 3.63) is 0 Å². The number of hydrogen-bond donors (Lipinski definition) is 1. The van der Waals surface area contributed by atoms with E-state index in [1.165, 1.54) is 0 Å². The fraction of sp³-hybridized carbons (Fsp3) is 0.875. The van der Waals surface area contributed by atoms with E-state index in [0.717, 1.165) is 11.0 Å². The number of aliphatic hydroxyl groups is 1. The van der Waals surface area contributed by atoms with Gasteiger partial charge in [0.2, 0.25) is 0 Å². The molecule has 0 amide bonds. The molecule has 1 unspecified atom stereocenters. The number of rotatable bonds is 6. The topological polar surface area (TPSA) is 49.8 Å². The zero-order chi connectivity index (χ0) is 11.1. The minimum Gasteiger partial charge on any atom is -0.461 e. The molecule has 1 N–H and O–H groups in total. The number of carbonyl (C=O) groups is 1. The van der Waals surface area contributed by atoms with Crippen LogP contribution in [0.1, 0.15) is 13.8 Å². The Morgan fingerprint density at radius 2 is 2.21 bits per heavy atom. The summed E-state index contributed by atoms with van der Waals surface area (Å²) in [5.74, 6) is -0.421. The number of ether oxygens (including phenoxy) is 1. The van der Waals surface area contributed by atoms with Crippen molar-refractivity contribution >= 4 is 27.6 Å². The lowest BCUT2D eigenvalue weighted by Gasteiger charge is -2.26. The summed E-state index contributed by atoms with van der Waals surface area (Å²) in [6, 6.07) is 0.202. The van der Waals surface area contributed by atoms with Crippen molar-refractivity contribution in [2.75, 3.05) is 20.3 Å². The Hall–Kier alpha value is 0.0300. The van der Waals surface area contributed by atoms with Gasteiger partial charge in [0.1, 0.15) is 6.61 Å². The van der Waals surface area contributed by atoms with Crippen molar-refractivity contribution in [2.24, 2.45) is 0 Å². The highest BCUT2D eigenvalue weighted by atomic mass is 35.7. The molecule has 0 heterocycles. The lowest BCUT2D eigenvalue weighted by Crippen LogP contribution is -2.40. The SMILES string of the molecule is CC(C)N(C)C(SCl)C(=O)OCCO. The number of nitrogens with zero attached hydrogens (tertiary/aromatic N) is 1. The van der Waals surface area contributed by atoms with Gasteiger partial charge in [-0.3, -0.25) is 4.90 Å². The van der Waals surface area contributed by atoms with Crippen LogP contribution in [0.4, 0.5) is 0 Å². The Morgan fingerprint density at radius 3 is 2.57 bits per heavy atom. The van der Waals surface area contributed by atoms with Crippen molar-refractivity contribution < 1.29 is 14.6 Å². The highest BCUT2D eigenvalue weighted by molar-refractivity contribution is 8.22. The molecule has 0 bridgehead atoms. The molecule has 0 fully saturated rings. The smallest absolute Gasteiger partial charge is 0.335 e. The Bertz CT molecular complexity index is 180. The minimum atomic E-state index is -0.525. The summed E-state index contributed by atoms with van der Waals surface area (Å²) in [4.78, 5) is 13.2. The standard InChI is InChI=1S/C8H16ClNO3S/c1-6(2)10(3)7(14-9)8(12)13-5-4-11/h6-7,11H,4-5H2,1-3H3. The first-order valence-electron chi connectivity index (χ1n) is 4.31. The third-order valence-electron chi connectivity index (χ3n) is 1.81. The molecule has 14 heavy (non-hydrogen) atoms. The summed E-state index contributed by atoms with van der Waals surface area (Å²) in [5.41, 5.74) is 0. The Kier molecular flexibility index (Phi) is 7.35. The van der Waals surface area contributed by atoms with Crippen LogP contribution in [0.3, 0.4) is 0 Å². The lowest BCUT2D eigenvalue weighted by molar-refractivity contribution is -0.147. The number of hydrogen-bond acceptors (Lipinski definition) is 5. The van der Waals surface area contributed by atoms with E-state index < -0.39 is 11.3 Å². The summed E-state index contributed by atoms with van der Waals surface area (Å²) >= 11 is 0. The van der Waals surface area contributed by atoms with Crippen LogP contribution in [0.15, 0.2) is 0 Å². The van der Waals surface area contributed by atoms with Crippen LogP contribution in [0.2, 0.25) is 0 Å². The summed E-state index contributed by atoms with van der Waals surface area (Å²) in [5, 5.41) is 7.96. The van der Waals surface area contributed by atoms with Gasteiger partial charge in [0.25, 0.3) is 0 Å². The fourth-order valence-corrected chi connectivity index (χ4v) is 1.86. The van der Waals surface area contributed by atoms with E-state index in [0.29, 0.717) is 0 Å². The molecule has 0 spiro atoms. The molecule has 0 saturated carbocycles. The maximum atomic E-state index is 11.4. The average molecular weight is 242 g/mol. The molecule has 0 aromatic rings. The van der Waals surface area contributed by atoms with E-state index in [4.69, 9.17) is 20.5 Å². The van der Waals surface area contributed by atoms with Gasteiger partial charge < -0.3 is 9.84 Å². The first-order chi connectivity index (χ1) is 6.54. The van der Waals surface area contributed by atoms with Gasteiger partial charge in [0, 0.05) is 6.04 Å². The van der Waals surface area contributed by atoms with Gasteiger partial charge in [-0.15, -0.1) is 0 Å². The van der Waals surface area contributed by atoms with E-state index in [1.54, 1.807) is 11.9 Å². The van der Waals surface area contributed by atoms with Crippen molar-refractivity contribution in [3.8, 4) is 0 Å². The third kappa shape index (κ3) is 4.50. The summed E-state index contributed by atoms with van der Waals surface area (Å²) in [6.45, 7) is 3.76. The molecular formula is C8H16ClNO3S. The van der Waals surface area contributed by atoms with Gasteiger partial charge in [-0.05, 0) is 42.6 Å². The van der Waals surface area contributed by atoms with Crippen molar-refractivity contribution in [2.45, 2.75) is 25.3 Å². The van der Waals surface area contributed by atoms with Crippen molar-refractivity contribution in [1.29, 1.82) is 0 Å². The van der Waals surface area contributed by atoms with Crippen molar-refractivity contribution in [3.63, 3.8) is 0 Å². The predicted molar refractivity (Wildman–Crippen MR) is 58.2 cm³/mol. The molecule has 0 saturated heterocycles. The molecule has 0 aromatic heterocycles. The highest BCUT2D eigenvalue weighted by Crippen LogP contribution is 2.21. The second-order valence-electron chi connectivity index (χ2n) is 3.09. The molecule has 6 heteroatoms. The van der Waals surface area contributed by atoms with Gasteiger partial charge >= 0.3 is 5.97 Å². The maximum Gasteiger partial charge on any atom is 0.335 e. The molecule has 0 rings (SSSR count). The Morgan fingerprint density at radius 1 is 1.64 bits per heavy atom. The zero-order valence-corrected chi connectivity index (χ0v) is 10.1. The molecule has 1 atom stereocenters. The first kappa shape index (κ1) is 14.0. The monoisotopic (exact) mass is 241 g/mol. The lowest BCUT2D eigenvalue weighted by atomic mass is 10.3. The van der Waals surface area contributed by atoms with E-state index in [9.17, 15) is 4.79 Å². The van der Waals surface area contributed by atoms with Gasteiger partial charge in [-0.1, -0.05) is 0 Å². The van der Waals surface area contributed by atoms with Crippen molar-refractivity contribution in [1.82, 2.24) is 4.90 Å². The number of likely N-dealkylation sites (N-methyl/N-ethyl adjacent to an activating group) is 1. The number of aliphatic hydroxyl groups excluding tert-OH is 1. The third-order valence-corrected chi connectivity index (χ3v) is 3.01. The maximum absolute atomic E-state index is 11.4. The van der Waals surface area contributed by atoms with Crippen LogP contribution in [0.25, 0.3) is 0 Å². The molecule has 0 aliphatic carbocycles. The molecular weight excluding hydrogens is 226 g/mol. The second-order valence-corrected chi connectivity index (χ2v) is 4.25. The van der Waals surface area contributed by atoms with Crippen LogP contribution >= 0.6 is 21.7 Å². The summed E-state index contributed by atoms with van der Waals surface area (Å²) in [6.07, 6.45) is 0. The van der Waals surface area contributed by atoms with Crippen LogP contribution in [0, 0.1) is 0 Å². The molecule has 4 nitrogen and oxygen atoms in total. The largest absolute Gasteiger partial charge is 0.461 e. The van der Waals surface area contributed by atoms with Crippen LogP contribution in [-0.4, -0.2) is 47.7 Å². The number of halogens is 1. The number of esters is 1. The highest BCUT2D eigenvalue weighted by Gasteiger charge is 2.26. The van der Waals surface area contributed by atoms with Gasteiger partial charge in [-0.2, -0.15) is 0 Å². The fourth-order valence-electron chi connectivity index (χ4n) is 0.754. The molecule has 0 aliphatic rings. The van der Waals surface area contributed by atoms with E-state index in [2.05, 4.69) is 0 Å². The van der Waals surface area contributed by atoms with E-state index >= 15 is 0 Å².